The van der Waals surface area contributed by atoms with Crippen LogP contribution >= 0.6 is 11.3 Å². The van der Waals surface area contributed by atoms with Gasteiger partial charge in [-0.05, 0) is 71.3 Å². The number of hydrogen-bond donors (Lipinski definition) is 8. The third kappa shape index (κ3) is 11.0. The second-order valence-corrected chi connectivity index (χ2v) is 15.3. The Labute approximate surface area is 330 Å². The first-order valence-corrected chi connectivity index (χ1v) is 19.8. The van der Waals surface area contributed by atoms with Crippen LogP contribution in [0.5, 0.6) is 0 Å². The van der Waals surface area contributed by atoms with Crippen LogP contribution in [-0.4, -0.2) is 71.3 Å². The maximum absolute atomic E-state index is 14.5. The summed E-state index contributed by atoms with van der Waals surface area (Å²) in [7, 11) is 0. The summed E-state index contributed by atoms with van der Waals surface area (Å²) in [4.78, 5) is 71.7. The Bertz CT molecular complexity index is 2120. The Morgan fingerprint density at radius 2 is 1.21 bits per heavy atom. The van der Waals surface area contributed by atoms with E-state index >= 15 is 0 Å². The van der Waals surface area contributed by atoms with Gasteiger partial charge in [0.1, 0.15) is 24.2 Å². The molecule has 5 rings (SSSR count). The van der Waals surface area contributed by atoms with Crippen LogP contribution < -0.4 is 38.5 Å². The fraction of sp³-hybridized carbons (Fsp3) is 0.357. The number of H-pyrrole nitrogens is 1. The van der Waals surface area contributed by atoms with E-state index in [9.17, 15) is 24.0 Å². The summed E-state index contributed by atoms with van der Waals surface area (Å²) in [5.74, 6) is -3.22. The van der Waals surface area contributed by atoms with Crippen molar-refractivity contribution in [2.24, 2.45) is 23.1 Å². The molecule has 0 spiro atoms. The highest BCUT2D eigenvalue weighted by Crippen LogP contribution is 2.27. The number of benzene rings is 3. The van der Waals surface area contributed by atoms with E-state index in [1.54, 1.807) is 6.20 Å². The fourth-order valence-electron chi connectivity index (χ4n) is 6.57. The van der Waals surface area contributed by atoms with Gasteiger partial charge in [0.2, 0.25) is 29.5 Å². The van der Waals surface area contributed by atoms with Crippen LogP contribution in [0.3, 0.4) is 0 Å². The number of thiophene rings is 1. The van der Waals surface area contributed by atoms with E-state index in [4.69, 9.17) is 17.2 Å². The van der Waals surface area contributed by atoms with Crippen molar-refractivity contribution in [2.45, 2.75) is 82.6 Å². The van der Waals surface area contributed by atoms with E-state index < -0.39 is 59.7 Å². The molecule has 0 bridgehead atoms. The zero-order valence-corrected chi connectivity index (χ0v) is 32.6. The number of carbonyl (C=O) groups is 5. The molecule has 5 atom stereocenters. The van der Waals surface area contributed by atoms with Gasteiger partial charge in [0.15, 0.2) is 0 Å². The van der Waals surface area contributed by atoms with Crippen LogP contribution in [0.15, 0.2) is 90.4 Å². The van der Waals surface area contributed by atoms with Gasteiger partial charge in [-0.15, -0.1) is 11.3 Å². The molecule has 0 aliphatic heterocycles. The van der Waals surface area contributed by atoms with Gasteiger partial charge in [-0.25, -0.2) is 0 Å². The molecule has 5 aromatic rings. The summed E-state index contributed by atoms with van der Waals surface area (Å²) in [5.41, 5.74) is 20.7. The standard InChI is InChI=1S/C42H52N8O5S/c1-25(2)37(44)42(55)50-35(22-28-24-56-36-18-9-7-15-30(28)36)41(54)49-34(21-27-23-46-31-16-8-6-14-29(27)31)40(53)48-33(20-26-12-4-3-5-13-26)39(52)47-32(38(45)51)17-10-11-19-43/h3-9,12-16,18,23-25,32-35,37,46H,10-11,17,19-22,43-44H2,1-2H3,(H2,45,51)(H,47,52)(H,48,53)(H,49,54)(H,50,55)/t32-,33+,34-,35-,37-/m1/s1. The van der Waals surface area contributed by atoms with Gasteiger partial charge in [-0.2, -0.15) is 0 Å². The van der Waals surface area contributed by atoms with Crippen LogP contribution in [0.1, 0.15) is 49.8 Å². The highest BCUT2D eigenvalue weighted by molar-refractivity contribution is 7.17. The van der Waals surface area contributed by atoms with Crippen molar-refractivity contribution in [2.75, 3.05) is 6.54 Å². The molecule has 2 aromatic heterocycles. The average molecular weight is 781 g/mol. The zero-order chi connectivity index (χ0) is 40.2. The average Bonchev–Trinajstić information content (AvgIpc) is 3.80. The lowest BCUT2D eigenvalue weighted by molar-refractivity contribution is -0.134. The molecule has 13 nitrogen and oxygen atoms in total. The quantitative estimate of drug-likeness (QED) is 0.0551. The van der Waals surface area contributed by atoms with Gasteiger partial charge in [-0.1, -0.05) is 80.6 Å². The highest BCUT2D eigenvalue weighted by Gasteiger charge is 2.33. The number of amides is 5. The van der Waals surface area contributed by atoms with Crippen molar-refractivity contribution in [1.29, 1.82) is 0 Å². The number of para-hydroxylation sites is 1. The van der Waals surface area contributed by atoms with Crippen molar-refractivity contribution >= 4 is 61.9 Å². The minimum Gasteiger partial charge on any atom is -0.368 e. The number of nitrogens with one attached hydrogen (secondary N) is 5. The van der Waals surface area contributed by atoms with E-state index in [0.29, 0.717) is 19.4 Å². The molecule has 0 unspecified atom stereocenters. The fourth-order valence-corrected chi connectivity index (χ4v) is 7.55. The molecule has 56 heavy (non-hydrogen) atoms. The van der Waals surface area contributed by atoms with Crippen molar-refractivity contribution < 1.29 is 24.0 Å². The van der Waals surface area contributed by atoms with Gasteiger partial charge >= 0.3 is 0 Å². The molecule has 11 N–H and O–H groups in total. The summed E-state index contributed by atoms with van der Waals surface area (Å²) < 4.78 is 1.03. The smallest absolute Gasteiger partial charge is 0.243 e. The van der Waals surface area contributed by atoms with Crippen LogP contribution in [0.2, 0.25) is 0 Å². The molecular formula is C42H52N8O5S. The lowest BCUT2D eigenvalue weighted by Crippen LogP contribution is -2.60. The minimum absolute atomic E-state index is 0.0534. The molecular weight excluding hydrogens is 729 g/mol. The first kappa shape index (κ1) is 41.6. The Morgan fingerprint density at radius 1 is 0.661 bits per heavy atom. The van der Waals surface area contributed by atoms with Crippen LogP contribution in [-0.2, 0) is 43.2 Å². The zero-order valence-electron chi connectivity index (χ0n) is 31.8. The Hall–Kier alpha value is -5.57. The van der Waals surface area contributed by atoms with Crippen molar-refractivity contribution in [3.05, 3.63) is 107 Å². The predicted octanol–water partition coefficient (Wildman–Crippen LogP) is 2.95. The van der Waals surface area contributed by atoms with E-state index in [2.05, 4.69) is 26.3 Å². The van der Waals surface area contributed by atoms with Crippen LogP contribution in [0.4, 0.5) is 0 Å². The first-order valence-electron chi connectivity index (χ1n) is 19.0. The Balaban J connectivity index is 1.46. The molecule has 14 heteroatoms. The van der Waals surface area contributed by atoms with Crippen LogP contribution in [0, 0.1) is 5.92 Å². The van der Waals surface area contributed by atoms with E-state index in [-0.39, 0.29) is 31.6 Å². The first-order chi connectivity index (χ1) is 26.9. The molecule has 0 fully saturated rings. The molecule has 0 aliphatic carbocycles. The van der Waals surface area contributed by atoms with Crippen molar-refractivity contribution in [3.63, 3.8) is 0 Å². The van der Waals surface area contributed by atoms with Crippen LogP contribution in [0.25, 0.3) is 21.0 Å². The maximum atomic E-state index is 14.5. The normalized spacial score (nSPS) is 14.1. The molecule has 3 aromatic carbocycles. The molecule has 296 valence electrons. The van der Waals surface area contributed by atoms with Gasteiger partial charge in [0.05, 0.1) is 6.04 Å². The van der Waals surface area contributed by atoms with Gasteiger partial charge in [0, 0.05) is 41.1 Å². The summed E-state index contributed by atoms with van der Waals surface area (Å²) in [6.45, 7) is 4.07. The van der Waals surface area contributed by atoms with Gasteiger partial charge < -0.3 is 43.5 Å². The summed E-state index contributed by atoms with van der Waals surface area (Å²) in [6, 6.07) is 19.3. The number of fused-ring (bicyclic) bond motifs is 2. The number of carbonyl (C=O) groups excluding carboxylic acids is 5. The summed E-state index contributed by atoms with van der Waals surface area (Å²) in [6.07, 6.45) is 3.58. The number of nitrogens with two attached hydrogens (primary N) is 3. The Morgan fingerprint density at radius 3 is 1.86 bits per heavy atom. The number of primary amides is 1. The molecule has 5 amide bonds. The lowest BCUT2D eigenvalue weighted by Gasteiger charge is -2.27. The third-order valence-corrected chi connectivity index (χ3v) is 10.9. The molecule has 0 aliphatic rings. The molecule has 2 heterocycles. The lowest BCUT2D eigenvalue weighted by atomic mass is 9.99. The minimum atomic E-state index is -1.19. The topological polar surface area (TPSA) is 227 Å². The van der Waals surface area contributed by atoms with E-state index in [1.807, 2.05) is 98.1 Å². The number of rotatable bonds is 20. The number of aromatic nitrogens is 1. The van der Waals surface area contributed by atoms with Crippen molar-refractivity contribution in [3.8, 4) is 0 Å². The maximum Gasteiger partial charge on any atom is 0.243 e. The van der Waals surface area contributed by atoms with Gasteiger partial charge in [0.25, 0.3) is 0 Å². The Kier molecular flexibility index (Phi) is 14.7. The number of hydrogen-bond acceptors (Lipinski definition) is 8. The molecule has 0 saturated carbocycles. The van der Waals surface area contributed by atoms with Gasteiger partial charge in [-0.3, -0.25) is 24.0 Å². The second-order valence-electron chi connectivity index (χ2n) is 14.4. The monoisotopic (exact) mass is 780 g/mol. The predicted molar refractivity (Wildman–Crippen MR) is 220 cm³/mol. The highest BCUT2D eigenvalue weighted by atomic mass is 32.1. The summed E-state index contributed by atoms with van der Waals surface area (Å²) in [5, 5.41) is 15.1. The van der Waals surface area contributed by atoms with E-state index in [1.165, 1.54) is 11.3 Å². The molecule has 0 saturated heterocycles. The van der Waals surface area contributed by atoms with Crippen molar-refractivity contribution in [1.82, 2.24) is 26.3 Å². The third-order valence-electron chi connectivity index (χ3n) is 9.89. The summed E-state index contributed by atoms with van der Waals surface area (Å²) >= 11 is 1.53. The molecule has 0 radical (unpaired) electrons. The second kappa shape index (κ2) is 19.8. The van der Waals surface area contributed by atoms with E-state index in [0.717, 1.165) is 37.7 Å². The largest absolute Gasteiger partial charge is 0.368 e. The number of unbranched alkanes of at least 4 members (excludes halogenated alkanes) is 1. The SMILES string of the molecule is CC(C)[C@@H](N)C(=O)N[C@H](Cc1csc2ccccc12)C(=O)N[C@H](Cc1c[nH]c2ccccc12)C(=O)N[C@@H](Cc1ccccc1)C(=O)N[C@H](CCCCN)C(N)=O. The number of aromatic amines is 1.